The molecule has 2 aromatic rings. The van der Waals surface area contributed by atoms with Crippen LogP contribution in [0, 0.1) is 0 Å². The van der Waals surface area contributed by atoms with Crippen LogP contribution in [0.25, 0.3) is 0 Å². The predicted octanol–water partition coefficient (Wildman–Crippen LogP) is 3.00. The molecule has 0 saturated carbocycles. The Morgan fingerprint density at radius 2 is 2.00 bits per heavy atom. The molecule has 138 valence electrons. The highest BCUT2D eigenvalue weighted by atomic mass is 32.1. The molecule has 0 aliphatic rings. The maximum absolute atomic E-state index is 11.9. The van der Waals surface area contributed by atoms with Crippen molar-refractivity contribution < 1.29 is 19.1 Å². The van der Waals surface area contributed by atoms with Gasteiger partial charge in [-0.1, -0.05) is 12.1 Å². The molecule has 0 unspecified atom stereocenters. The molecule has 7 heteroatoms. The van der Waals surface area contributed by atoms with Crippen LogP contribution in [-0.4, -0.2) is 30.9 Å². The summed E-state index contributed by atoms with van der Waals surface area (Å²) in [5, 5.41) is 7.31. The number of amides is 2. The van der Waals surface area contributed by atoms with Crippen molar-refractivity contribution in [1.29, 1.82) is 0 Å². The first-order valence-electron chi connectivity index (χ1n) is 8.44. The molecule has 2 amide bonds. The van der Waals surface area contributed by atoms with Gasteiger partial charge >= 0.3 is 5.97 Å². The third-order valence-electron chi connectivity index (χ3n) is 3.49. The Kier molecular flexibility index (Phi) is 7.82. The van der Waals surface area contributed by atoms with E-state index >= 15 is 0 Å². The SMILES string of the molecule is CCNC(=O)c1cccc(NC(=O)COC(=O)CCCc2cccs2)c1. The number of esters is 1. The van der Waals surface area contributed by atoms with Gasteiger partial charge in [0, 0.05) is 29.1 Å². The van der Waals surface area contributed by atoms with Gasteiger partial charge in [-0.05, 0) is 49.4 Å². The van der Waals surface area contributed by atoms with E-state index in [9.17, 15) is 14.4 Å². The summed E-state index contributed by atoms with van der Waals surface area (Å²) in [5.74, 6) is -1.04. The molecule has 2 rings (SSSR count). The van der Waals surface area contributed by atoms with Crippen molar-refractivity contribution >= 4 is 34.8 Å². The number of carbonyl (C=O) groups is 3. The van der Waals surface area contributed by atoms with E-state index in [1.54, 1.807) is 35.6 Å². The lowest BCUT2D eigenvalue weighted by molar-refractivity contribution is -0.147. The van der Waals surface area contributed by atoms with Gasteiger partial charge in [0.1, 0.15) is 0 Å². The minimum absolute atomic E-state index is 0.208. The zero-order valence-corrected chi connectivity index (χ0v) is 15.4. The lowest BCUT2D eigenvalue weighted by Crippen LogP contribution is -2.23. The molecule has 0 radical (unpaired) electrons. The highest BCUT2D eigenvalue weighted by Gasteiger charge is 2.10. The van der Waals surface area contributed by atoms with E-state index < -0.39 is 11.9 Å². The average molecular weight is 374 g/mol. The molecule has 0 atom stereocenters. The molecule has 1 aromatic carbocycles. The first-order valence-corrected chi connectivity index (χ1v) is 9.32. The number of ether oxygens (including phenoxy) is 1. The van der Waals surface area contributed by atoms with Crippen LogP contribution in [0.4, 0.5) is 5.69 Å². The third-order valence-corrected chi connectivity index (χ3v) is 4.43. The Hall–Kier alpha value is -2.67. The first-order chi connectivity index (χ1) is 12.6. The predicted molar refractivity (Wildman–Crippen MR) is 101 cm³/mol. The fourth-order valence-corrected chi connectivity index (χ4v) is 3.03. The van der Waals surface area contributed by atoms with Crippen molar-refractivity contribution in [2.45, 2.75) is 26.2 Å². The normalized spacial score (nSPS) is 10.2. The van der Waals surface area contributed by atoms with Crippen LogP contribution in [0.3, 0.4) is 0 Å². The fourth-order valence-electron chi connectivity index (χ4n) is 2.28. The molecule has 0 aliphatic carbocycles. The highest BCUT2D eigenvalue weighted by Crippen LogP contribution is 2.13. The van der Waals surface area contributed by atoms with Gasteiger partial charge in [0.25, 0.3) is 11.8 Å². The van der Waals surface area contributed by atoms with Gasteiger partial charge in [-0.25, -0.2) is 0 Å². The number of hydrogen-bond donors (Lipinski definition) is 2. The number of anilines is 1. The van der Waals surface area contributed by atoms with Crippen molar-refractivity contribution in [3.8, 4) is 0 Å². The Bertz CT molecular complexity index is 744. The van der Waals surface area contributed by atoms with Crippen molar-refractivity contribution in [1.82, 2.24) is 5.32 Å². The molecule has 26 heavy (non-hydrogen) atoms. The minimum atomic E-state index is -0.440. The minimum Gasteiger partial charge on any atom is -0.456 e. The Morgan fingerprint density at radius 1 is 1.15 bits per heavy atom. The number of aryl methyl sites for hydroxylation is 1. The molecule has 0 saturated heterocycles. The Labute approximate surface area is 156 Å². The highest BCUT2D eigenvalue weighted by molar-refractivity contribution is 7.09. The zero-order valence-electron chi connectivity index (χ0n) is 14.6. The monoisotopic (exact) mass is 374 g/mol. The topological polar surface area (TPSA) is 84.5 Å². The number of benzene rings is 1. The van der Waals surface area contributed by atoms with E-state index in [-0.39, 0.29) is 18.9 Å². The van der Waals surface area contributed by atoms with E-state index in [1.165, 1.54) is 4.88 Å². The van der Waals surface area contributed by atoms with Crippen LogP contribution in [-0.2, 0) is 20.7 Å². The van der Waals surface area contributed by atoms with Crippen LogP contribution in [0.5, 0.6) is 0 Å². The van der Waals surface area contributed by atoms with Crippen LogP contribution in [0.15, 0.2) is 41.8 Å². The molecule has 1 aromatic heterocycles. The van der Waals surface area contributed by atoms with Crippen LogP contribution in [0.1, 0.15) is 35.0 Å². The van der Waals surface area contributed by atoms with Gasteiger partial charge in [0.2, 0.25) is 0 Å². The van der Waals surface area contributed by atoms with Crippen LogP contribution in [0.2, 0.25) is 0 Å². The van der Waals surface area contributed by atoms with Gasteiger partial charge in [0.15, 0.2) is 6.61 Å². The number of nitrogens with one attached hydrogen (secondary N) is 2. The van der Waals surface area contributed by atoms with E-state index in [4.69, 9.17) is 4.74 Å². The number of thiophene rings is 1. The van der Waals surface area contributed by atoms with Gasteiger partial charge in [0.05, 0.1) is 0 Å². The summed E-state index contributed by atoms with van der Waals surface area (Å²) in [7, 11) is 0. The summed E-state index contributed by atoms with van der Waals surface area (Å²) < 4.78 is 4.98. The summed E-state index contributed by atoms with van der Waals surface area (Å²) in [6, 6.07) is 10.6. The number of carbonyl (C=O) groups excluding carboxylic acids is 3. The van der Waals surface area contributed by atoms with Gasteiger partial charge in [-0.3, -0.25) is 14.4 Å². The van der Waals surface area contributed by atoms with Crippen molar-refractivity contribution in [2.75, 3.05) is 18.5 Å². The van der Waals surface area contributed by atoms with Crippen LogP contribution >= 0.6 is 11.3 Å². The van der Waals surface area contributed by atoms with Gasteiger partial charge < -0.3 is 15.4 Å². The standard InChI is InChI=1S/C19H22N2O4S/c1-2-20-19(24)14-6-3-7-15(12-14)21-17(22)13-25-18(23)10-4-8-16-9-5-11-26-16/h3,5-7,9,11-12H,2,4,8,10,13H2,1H3,(H,20,24)(H,21,22). The zero-order chi connectivity index (χ0) is 18.8. The molecular formula is C19H22N2O4S. The van der Waals surface area contributed by atoms with Crippen molar-refractivity contribution in [2.24, 2.45) is 0 Å². The fraction of sp³-hybridized carbons (Fsp3) is 0.316. The molecule has 1 heterocycles. The summed E-state index contributed by atoms with van der Waals surface area (Å²) >= 11 is 1.66. The Morgan fingerprint density at radius 3 is 2.73 bits per heavy atom. The first kappa shape index (κ1) is 19.7. The largest absolute Gasteiger partial charge is 0.456 e. The third kappa shape index (κ3) is 6.68. The second-order valence-electron chi connectivity index (χ2n) is 5.58. The lowest BCUT2D eigenvalue weighted by atomic mass is 10.2. The Balaban J connectivity index is 1.71. The molecule has 6 nitrogen and oxygen atoms in total. The van der Waals surface area contributed by atoms with E-state index in [2.05, 4.69) is 10.6 Å². The second-order valence-corrected chi connectivity index (χ2v) is 6.61. The van der Waals surface area contributed by atoms with Crippen molar-refractivity contribution in [3.63, 3.8) is 0 Å². The summed E-state index contributed by atoms with van der Waals surface area (Å²) in [4.78, 5) is 36.6. The molecule has 0 spiro atoms. The van der Waals surface area contributed by atoms with E-state index in [1.807, 2.05) is 24.4 Å². The number of rotatable bonds is 9. The maximum atomic E-state index is 11.9. The van der Waals surface area contributed by atoms with E-state index in [0.717, 1.165) is 6.42 Å². The molecule has 0 fully saturated rings. The van der Waals surface area contributed by atoms with Crippen molar-refractivity contribution in [3.05, 3.63) is 52.2 Å². The average Bonchev–Trinajstić information content (AvgIpc) is 3.14. The second kappa shape index (κ2) is 10.4. The number of hydrogen-bond acceptors (Lipinski definition) is 5. The van der Waals surface area contributed by atoms with Crippen LogP contribution < -0.4 is 10.6 Å². The molecule has 0 aliphatic heterocycles. The maximum Gasteiger partial charge on any atom is 0.306 e. The summed E-state index contributed by atoms with van der Waals surface area (Å²) in [6.45, 7) is 2.01. The lowest BCUT2D eigenvalue weighted by Gasteiger charge is -2.08. The molecular weight excluding hydrogens is 352 g/mol. The van der Waals surface area contributed by atoms with Gasteiger partial charge in [-0.2, -0.15) is 0 Å². The smallest absolute Gasteiger partial charge is 0.306 e. The summed E-state index contributed by atoms with van der Waals surface area (Å²) in [5.41, 5.74) is 0.933. The van der Waals surface area contributed by atoms with E-state index in [0.29, 0.717) is 24.2 Å². The molecule has 2 N–H and O–H groups in total. The van der Waals surface area contributed by atoms with Gasteiger partial charge in [-0.15, -0.1) is 11.3 Å². The summed E-state index contributed by atoms with van der Waals surface area (Å²) in [6.07, 6.45) is 1.79. The quantitative estimate of drug-likeness (QED) is 0.661. The molecule has 0 bridgehead atoms.